The van der Waals surface area contributed by atoms with Crippen molar-refractivity contribution in [1.29, 1.82) is 0 Å². The van der Waals surface area contributed by atoms with Crippen LogP contribution in [0.5, 0.6) is 0 Å². The van der Waals surface area contributed by atoms with E-state index in [1.54, 1.807) is 6.07 Å². The summed E-state index contributed by atoms with van der Waals surface area (Å²) in [5.74, 6) is 0. The van der Waals surface area contributed by atoms with Crippen LogP contribution in [-0.4, -0.2) is 18.3 Å². The molecule has 0 aliphatic carbocycles. The van der Waals surface area contributed by atoms with Gasteiger partial charge in [0.05, 0.1) is 0 Å². The molecule has 0 radical (unpaired) electrons. The van der Waals surface area contributed by atoms with E-state index in [4.69, 9.17) is 0 Å². The number of alkyl halides is 3. The van der Waals surface area contributed by atoms with Crippen LogP contribution in [0.15, 0.2) is 27.1 Å². The second kappa shape index (κ2) is 5.52. The van der Waals surface area contributed by atoms with E-state index < -0.39 is 18.8 Å². The Balaban J connectivity index is 3.34. The Hall–Kier alpha value is -0.0451. The lowest BCUT2D eigenvalue weighted by Gasteiger charge is -2.34. The zero-order valence-corrected chi connectivity index (χ0v) is 12.8. The summed E-state index contributed by atoms with van der Waals surface area (Å²) in [5.41, 5.74) is -2.31. The molecule has 0 heterocycles. The van der Waals surface area contributed by atoms with Crippen LogP contribution >= 0.6 is 31.9 Å². The summed E-state index contributed by atoms with van der Waals surface area (Å²) in [5, 5.41) is 11.4. The average Bonchev–Trinajstić information content (AvgIpc) is 2.12. The molecule has 0 aromatic heterocycles. The predicted molar refractivity (Wildman–Crippen MR) is 72.2 cm³/mol. The van der Waals surface area contributed by atoms with Gasteiger partial charge in [-0.2, -0.15) is 13.2 Å². The summed E-state index contributed by atoms with van der Waals surface area (Å²) >= 11 is 6.30. The lowest BCUT2D eigenvalue weighted by Crippen LogP contribution is -2.56. The fourth-order valence-electron chi connectivity index (χ4n) is 1.59. The predicted octanol–water partition coefficient (Wildman–Crippen LogP) is 3.69. The standard InChI is InChI=1S/C10H11BBr2F3NO/c1-9(10(14,15)16,17-11(2)18)6-3-7(12)5-8(13)4-6/h3-5,17-18H,1-2H3. The molecule has 8 heteroatoms. The Morgan fingerprint density at radius 3 is 1.94 bits per heavy atom. The van der Waals surface area contributed by atoms with Crippen LogP contribution in [0.1, 0.15) is 12.5 Å². The minimum Gasteiger partial charge on any atom is -0.437 e. The number of benzene rings is 1. The summed E-state index contributed by atoms with van der Waals surface area (Å²) in [6, 6.07) is 4.38. The van der Waals surface area contributed by atoms with Gasteiger partial charge in [0.25, 0.3) is 0 Å². The number of halogens is 5. The highest BCUT2D eigenvalue weighted by Gasteiger charge is 2.53. The molecule has 2 nitrogen and oxygen atoms in total. The van der Waals surface area contributed by atoms with Gasteiger partial charge in [0.15, 0.2) is 0 Å². The molecule has 100 valence electrons. The Morgan fingerprint density at radius 1 is 1.17 bits per heavy atom. The molecule has 1 rings (SSSR count). The lowest BCUT2D eigenvalue weighted by atomic mass is 9.79. The molecule has 18 heavy (non-hydrogen) atoms. The van der Waals surface area contributed by atoms with Gasteiger partial charge in [-0.15, -0.1) is 0 Å². The van der Waals surface area contributed by atoms with Gasteiger partial charge >= 0.3 is 13.2 Å². The Bertz CT molecular complexity index is 421. The third-order valence-corrected chi connectivity index (χ3v) is 3.42. The van der Waals surface area contributed by atoms with Gasteiger partial charge in [-0.05, 0) is 37.5 Å². The molecule has 0 saturated heterocycles. The summed E-state index contributed by atoms with van der Waals surface area (Å²) < 4.78 is 40.7. The third kappa shape index (κ3) is 3.49. The molecule has 1 unspecified atom stereocenters. The maximum Gasteiger partial charge on any atom is 0.409 e. The first kappa shape index (κ1) is 16.0. The molecule has 0 spiro atoms. The van der Waals surface area contributed by atoms with Crippen molar-refractivity contribution in [3.8, 4) is 0 Å². The van der Waals surface area contributed by atoms with Gasteiger partial charge < -0.3 is 10.3 Å². The van der Waals surface area contributed by atoms with Crippen molar-refractivity contribution < 1.29 is 18.2 Å². The van der Waals surface area contributed by atoms with E-state index in [2.05, 4.69) is 37.1 Å². The molecule has 0 bridgehead atoms. The quantitative estimate of drug-likeness (QED) is 0.774. The van der Waals surface area contributed by atoms with Crippen molar-refractivity contribution in [3.05, 3.63) is 32.7 Å². The van der Waals surface area contributed by atoms with Crippen molar-refractivity contribution >= 4 is 38.9 Å². The van der Waals surface area contributed by atoms with Gasteiger partial charge in [-0.25, -0.2) is 0 Å². The first-order chi connectivity index (χ1) is 8.06. The molecule has 2 N–H and O–H groups in total. The summed E-state index contributed by atoms with van der Waals surface area (Å²) in [4.78, 5) is 0. The molecular weight excluding hydrogens is 378 g/mol. The van der Waals surface area contributed by atoms with Crippen molar-refractivity contribution in [2.75, 3.05) is 0 Å². The fraction of sp³-hybridized carbons (Fsp3) is 0.400. The topological polar surface area (TPSA) is 32.3 Å². The van der Waals surface area contributed by atoms with Crippen LogP contribution in [0.4, 0.5) is 13.2 Å². The van der Waals surface area contributed by atoms with Crippen LogP contribution < -0.4 is 5.23 Å². The number of rotatable bonds is 3. The van der Waals surface area contributed by atoms with Crippen molar-refractivity contribution in [1.82, 2.24) is 5.23 Å². The Kier molecular flexibility index (Phi) is 4.91. The number of hydrogen-bond donors (Lipinski definition) is 2. The minimum absolute atomic E-state index is 0.0113. The first-order valence-corrected chi connectivity index (χ1v) is 6.64. The molecule has 0 aliphatic rings. The van der Waals surface area contributed by atoms with Crippen LogP contribution in [0.25, 0.3) is 0 Å². The average molecular weight is 389 g/mol. The Labute approximate surface area is 120 Å². The highest BCUT2D eigenvalue weighted by molar-refractivity contribution is 9.11. The Morgan fingerprint density at radius 2 is 1.61 bits per heavy atom. The maximum atomic E-state index is 13.2. The molecule has 1 aromatic rings. The lowest BCUT2D eigenvalue weighted by molar-refractivity contribution is -0.190. The number of hydrogen-bond acceptors (Lipinski definition) is 2. The van der Waals surface area contributed by atoms with E-state index >= 15 is 0 Å². The van der Waals surface area contributed by atoms with Gasteiger partial charge in [0.2, 0.25) is 0 Å². The number of nitrogens with one attached hydrogen (secondary N) is 1. The normalized spacial score (nSPS) is 15.3. The van der Waals surface area contributed by atoms with E-state index in [-0.39, 0.29) is 5.56 Å². The van der Waals surface area contributed by atoms with Gasteiger partial charge in [0.1, 0.15) is 5.54 Å². The molecule has 1 atom stereocenters. The van der Waals surface area contributed by atoms with Crippen molar-refractivity contribution in [2.45, 2.75) is 25.5 Å². The minimum atomic E-state index is -4.54. The molecular formula is C10H11BBr2F3NO. The van der Waals surface area contributed by atoms with E-state index in [0.717, 1.165) is 6.92 Å². The SMILES string of the molecule is CB(O)NC(C)(c1cc(Br)cc(Br)c1)C(F)(F)F. The molecule has 0 fully saturated rings. The monoisotopic (exact) mass is 387 g/mol. The van der Waals surface area contributed by atoms with E-state index in [0.29, 0.717) is 8.95 Å². The smallest absolute Gasteiger partial charge is 0.409 e. The summed E-state index contributed by atoms with van der Waals surface area (Å²) in [6.07, 6.45) is -4.54. The van der Waals surface area contributed by atoms with Gasteiger partial charge in [-0.3, -0.25) is 0 Å². The zero-order chi connectivity index (χ0) is 14.1. The first-order valence-electron chi connectivity index (χ1n) is 5.05. The van der Waals surface area contributed by atoms with Crippen LogP contribution in [0, 0.1) is 0 Å². The molecule has 0 saturated carbocycles. The summed E-state index contributed by atoms with van der Waals surface area (Å²) in [6.45, 7) is 2.24. The van der Waals surface area contributed by atoms with Crippen molar-refractivity contribution in [2.24, 2.45) is 0 Å². The van der Waals surface area contributed by atoms with E-state index in [9.17, 15) is 18.2 Å². The highest BCUT2D eigenvalue weighted by Crippen LogP contribution is 2.40. The maximum absolute atomic E-state index is 13.2. The highest BCUT2D eigenvalue weighted by atomic mass is 79.9. The molecule has 1 aromatic carbocycles. The molecule has 0 amide bonds. The van der Waals surface area contributed by atoms with Gasteiger partial charge in [0, 0.05) is 8.95 Å². The summed E-state index contributed by atoms with van der Waals surface area (Å²) in [7, 11) is -1.28. The fourth-order valence-corrected chi connectivity index (χ4v) is 2.88. The van der Waals surface area contributed by atoms with Crippen molar-refractivity contribution in [3.63, 3.8) is 0 Å². The largest absolute Gasteiger partial charge is 0.437 e. The van der Waals surface area contributed by atoms with Crippen LogP contribution in [0.3, 0.4) is 0 Å². The van der Waals surface area contributed by atoms with E-state index in [1.165, 1.54) is 19.0 Å². The van der Waals surface area contributed by atoms with Gasteiger partial charge in [-0.1, -0.05) is 31.9 Å². The second-order valence-corrected chi connectivity index (χ2v) is 5.93. The molecule has 0 aliphatic heterocycles. The third-order valence-electron chi connectivity index (χ3n) is 2.50. The second-order valence-electron chi connectivity index (χ2n) is 4.10. The van der Waals surface area contributed by atoms with Crippen LogP contribution in [0.2, 0.25) is 6.82 Å². The van der Waals surface area contributed by atoms with Crippen LogP contribution in [-0.2, 0) is 5.54 Å². The van der Waals surface area contributed by atoms with E-state index in [1.807, 2.05) is 0 Å². The zero-order valence-electron chi connectivity index (χ0n) is 9.65.